The van der Waals surface area contributed by atoms with Crippen LogP contribution in [0.15, 0.2) is 48.5 Å². The fourth-order valence-electron chi connectivity index (χ4n) is 1.70. The van der Waals surface area contributed by atoms with Gasteiger partial charge in [-0.25, -0.2) is 5.84 Å². The van der Waals surface area contributed by atoms with Crippen molar-refractivity contribution in [3.8, 4) is 5.75 Å². The van der Waals surface area contributed by atoms with Gasteiger partial charge in [-0.05, 0) is 64.1 Å². The summed E-state index contributed by atoms with van der Waals surface area (Å²) in [5.74, 6) is 5.45. The van der Waals surface area contributed by atoms with Crippen molar-refractivity contribution in [2.24, 2.45) is 5.84 Å². The highest BCUT2D eigenvalue weighted by Crippen LogP contribution is 2.24. The zero-order valence-electron chi connectivity index (χ0n) is 11.6. The van der Waals surface area contributed by atoms with E-state index in [1.165, 1.54) is 6.08 Å². The molecule has 0 spiro atoms. The maximum absolute atomic E-state index is 11.1. The number of halogens is 2. The van der Waals surface area contributed by atoms with Gasteiger partial charge in [0, 0.05) is 11.1 Å². The van der Waals surface area contributed by atoms with Crippen molar-refractivity contribution >= 4 is 46.2 Å². The van der Waals surface area contributed by atoms with Crippen LogP contribution in [0.2, 0.25) is 5.02 Å². The Kier molecular flexibility index (Phi) is 6.23. The summed E-state index contributed by atoms with van der Waals surface area (Å²) in [7, 11) is 0. The number of nitrogens with one attached hydrogen (secondary N) is 1. The Bertz CT molecular complexity index is 687. The van der Waals surface area contributed by atoms with Crippen LogP contribution in [-0.4, -0.2) is 5.91 Å². The van der Waals surface area contributed by atoms with E-state index in [1.54, 1.807) is 6.08 Å². The molecule has 0 aromatic heterocycles. The third-order valence-corrected chi connectivity index (χ3v) is 3.93. The number of rotatable bonds is 5. The molecule has 2 rings (SSSR count). The molecule has 6 heteroatoms. The summed E-state index contributed by atoms with van der Waals surface area (Å²) in [5.41, 5.74) is 3.98. The van der Waals surface area contributed by atoms with Crippen LogP contribution in [0.4, 0.5) is 0 Å². The van der Waals surface area contributed by atoms with Crippen LogP contribution in [0.25, 0.3) is 6.08 Å². The molecule has 0 atom stereocenters. The first-order chi connectivity index (χ1) is 10.6. The van der Waals surface area contributed by atoms with Gasteiger partial charge in [0.05, 0.1) is 3.57 Å². The molecular weight excluding hydrogens is 415 g/mol. The van der Waals surface area contributed by atoms with E-state index in [9.17, 15) is 4.79 Å². The van der Waals surface area contributed by atoms with E-state index in [0.29, 0.717) is 11.6 Å². The van der Waals surface area contributed by atoms with Crippen molar-refractivity contribution in [2.75, 3.05) is 0 Å². The number of carbonyl (C=O) groups excluding carboxylic acids is 1. The van der Waals surface area contributed by atoms with E-state index in [4.69, 9.17) is 22.2 Å². The molecule has 1 amide bonds. The van der Waals surface area contributed by atoms with E-state index >= 15 is 0 Å². The lowest BCUT2D eigenvalue weighted by atomic mass is 10.2. The average Bonchev–Trinajstić information content (AvgIpc) is 2.53. The van der Waals surface area contributed by atoms with Gasteiger partial charge in [0.15, 0.2) is 0 Å². The van der Waals surface area contributed by atoms with Crippen molar-refractivity contribution in [3.63, 3.8) is 0 Å². The molecule has 0 saturated carbocycles. The lowest BCUT2D eigenvalue weighted by Gasteiger charge is -2.09. The first-order valence-corrected chi connectivity index (χ1v) is 7.89. The number of ether oxygens (including phenoxy) is 1. The number of hydrogen-bond acceptors (Lipinski definition) is 3. The molecule has 0 radical (unpaired) electrons. The third kappa shape index (κ3) is 5.01. The minimum absolute atomic E-state index is 0.349. The Balaban J connectivity index is 2.02. The minimum Gasteiger partial charge on any atom is -0.488 e. The Morgan fingerprint density at radius 2 is 2.00 bits per heavy atom. The maximum Gasteiger partial charge on any atom is 0.257 e. The summed E-state index contributed by atoms with van der Waals surface area (Å²) in [6.07, 6.45) is 3.06. The minimum atomic E-state index is -0.349. The molecule has 0 bridgehead atoms. The standard InChI is InChI=1S/C16H14ClIN2O2/c17-13-5-1-12(2-6-13)10-22-15-7-3-11(9-14(15)18)4-8-16(21)20-19/h1-9H,10,19H2,(H,20,21)/b8-4+. The number of hydrazine groups is 1. The Hall–Kier alpha value is -1.57. The molecule has 0 aliphatic rings. The molecule has 0 saturated heterocycles. The van der Waals surface area contributed by atoms with Crippen LogP contribution in [0.1, 0.15) is 11.1 Å². The normalized spacial score (nSPS) is 10.7. The van der Waals surface area contributed by atoms with Gasteiger partial charge in [0.2, 0.25) is 0 Å². The Morgan fingerprint density at radius 1 is 1.27 bits per heavy atom. The molecular formula is C16H14ClIN2O2. The molecule has 2 aromatic carbocycles. The summed E-state index contributed by atoms with van der Waals surface area (Å²) >= 11 is 8.04. The predicted molar refractivity (Wildman–Crippen MR) is 96.3 cm³/mol. The number of hydrogen-bond donors (Lipinski definition) is 2. The van der Waals surface area contributed by atoms with Gasteiger partial charge in [0.1, 0.15) is 12.4 Å². The summed E-state index contributed by atoms with van der Waals surface area (Å²) in [4.78, 5) is 11.1. The van der Waals surface area contributed by atoms with Gasteiger partial charge in [-0.3, -0.25) is 10.2 Å². The fraction of sp³-hybridized carbons (Fsp3) is 0.0625. The molecule has 3 N–H and O–H groups in total. The van der Waals surface area contributed by atoms with Gasteiger partial charge in [0.25, 0.3) is 5.91 Å². The highest BCUT2D eigenvalue weighted by molar-refractivity contribution is 14.1. The summed E-state index contributed by atoms with van der Waals surface area (Å²) in [6, 6.07) is 13.2. The predicted octanol–water partition coefficient (Wildman–Crippen LogP) is 3.53. The summed E-state index contributed by atoms with van der Waals surface area (Å²) in [6.45, 7) is 0.470. The molecule has 2 aromatic rings. The van der Waals surface area contributed by atoms with Gasteiger partial charge in [-0.2, -0.15) is 0 Å². The van der Waals surface area contributed by atoms with E-state index in [-0.39, 0.29) is 5.91 Å². The van der Waals surface area contributed by atoms with Gasteiger partial charge in [-0.1, -0.05) is 29.8 Å². The van der Waals surface area contributed by atoms with Crippen LogP contribution >= 0.6 is 34.2 Å². The maximum atomic E-state index is 11.1. The molecule has 22 heavy (non-hydrogen) atoms. The number of benzene rings is 2. The number of nitrogens with two attached hydrogens (primary N) is 1. The summed E-state index contributed by atoms with van der Waals surface area (Å²) < 4.78 is 6.75. The van der Waals surface area contributed by atoms with Crippen LogP contribution in [0.3, 0.4) is 0 Å². The fourth-order valence-corrected chi connectivity index (χ4v) is 2.52. The zero-order valence-corrected chi connectivity index (χ0v) is 14.5. The molecule has 0 aliphatic carbocycles. The quantitative estimate of drug-likeness (QED) is 0.252. The average molecular weight is 429 g/mol. The lowest BCUT2D eigenvalue weighted by Crippen LogP contribution is -2.27. The second kappa shape index (κ2) is 8.17. The molecule has 0 fully saturated rings. The molecule has 4 nitrogen and oxygen atoms in total. The molecule has 0 heterocycles. The number of amides is 1. The van der Waals surface area contributed by atoms with Gasteiger partial charge < -0.3 is 4.74 Å². The Labute approximate surface area is 147 Å². The van der Waals surface area contributed by atoms with Crippen LogP contribution < -0.4 is 16.0 Å². The van der Waals surface area contributed by atoms with Crippen molar-refractivity contribution < 1.29 is 9.53 Å². The summed E-state index contributed by atoms with van der Waals surface area (Å²) in [5, 5.41) is 0.705. The SMILES string of the molecule is NNC(=O)/C=C/c1ccc(OCc2ccc(Cl)cc2)c(I)c1. The second-order valence-electron chi connectivity index (χ2n) is 4.45. The second-order valence-corrected chi connectivity index (χ2v) is 6.05. The number of carbonyl (C=O) groups is 1. The van der Waals surface area contributed by atoms with Gasteiger partial charge >= 0.3 is 0 Å². The van der Waals surface area contributed by atoms with Crippen molar-refractivity contribution in [1.29, 1.82) is 0 Å². The van der Waals surface area contributed by atoms with Crippen LogP contribution in [0.5, 0.6) is 5.75 Å². The van der Waals surface area contributed by atoms with E-state index < -0.39 is 0 Å². The molecule has 114 valence electrons. The zero-order chi connectivity index (χ0) is 15.9. The Morgan fingerprint density at radius 3 is 2.64 bits per heavy atom. The van der Waals surface area contributed by atoms with E-state index in [0.717, 1.165) is 20.4 Å². The van der Waals surface area contributed by atoms with Crippen molar-refractivity contribution in [2.45, 2.75) is 6.61 Å². The smallest absolute Gasteiger partial charge is 0.257 e. The van der Waals surface area contributed by atoms with Gasteiger partial charge in [-0.15, -0.1) is 0 Å². The first-order valence-electron chi connectivity index (χ1n) is 6.44. The topological polar surface area (TPSA) is 64.3 Å². The highest BCUT2D eigenvalue weighted by Gasteiger charge is 2.03. The molecule has 0 unspecified atom stereocenters. The lowest BCUT2D eigenvalue weighted by molar-refractivity contribution is -0.116. The first kappa shape index (κ1) is 16.8. The van der Waals surface area contributed by atoms with E-state index in [1.807, 2.05) is 47.9 Å². The monoisotopic (exact) mass is 428 g/mol. The van der Waals surface area contributed by atoms with Crippen molar-refractivity contribution in [1.82, 2.24) is 5.43 Å². The third-order valence-electron chi connectivity index (χ3n) is 2.83. The van der Waals surface area contributed by atoms with Crippen LogP contribution in [-0.2, 0) is 11.4 Å². The largest absolute Gasteiger partial charge is 0.488 e. The molecule has 0 aliphatic heterocycles. The van der Waals surface area contributed by atoms with Crippen LogP contribution in [0, 0.1) is 3.57 Å². The van der Waals surface area contributed by atoms with Crippen molar-refractivity contribution in [3.05, 3.63) is 68.3 Å². The highest BCUT2D eigenvalue weighted by atomic mass is 127. The van der Waals surface area contributed by atoms with E-state index in [2.05, 4.69) is 22.6 Å².